The highest BCUT2D eigenvalue weighted by Crippen LogP contribution is 2.33. The molecule has 2 N–H and O–H groups in total. The first-order chi connectivity index (χ1) is 11.9. The van der Waals surface area contributed by atoms with Crippen LogP contribution in [0.15, 0.2) is 23.2 Å². The second-order valence-electron chi connectivity index (χ2n) is 6.78. The second kappa shape index (κ2) is 8.90. The molecule has 0 bridgehead atoms. The summed E-state index contributed by atoms with van der Waals surface area (Å²) in [6.45, 7) is 7.17. The lowest BCUT2D eigenvalue weighted by atomic mass is 10.2. The summed E-state index contributed by atoms with van der Waals surface area (Å²) in [5.74, 6) is 1.71. The van der Waals surface area contributed by atoms with Gasteiger partial charge in [-0.05, 0) is 44.7 Å². The Bertz CT molecular complexity index is 609. The predicted octanol–water partition coefficient (Wildman–Crippen LogP) is 3.23. The lowest BCUT2D eigenvalue weighted by Gasteiger charge is -2.25. The molecule has 1 unspecified atom stereocenters. The van der Waals surface area contributed by atoms with Gasteiger partial charge in [-0.1, -0.05) is 11.6 Å². The largest absolute Gasteiger partial charge is 0.495 e. The summed E-state index contributed by atoms with van der Waals surface area (Å²) < 4.78 is 5.65. The highest BCUT2D eigenvalue weighted by atomic mass is 35.5. The van der Waals surface area contributed by atoms with Crippen LogP contribution < -0.4 is 20.3 Å². The molecule has 1 heterocycles. The van der Waals surface area contributed by atoms with Crippen molar-refractivity contribution in [3.05, 3.63) is 23.2 Å². The molecular formula is C18H29ClN4OS. The molecule has 1 aliphatic rings. The number of nitrogens with one attached hydrogen (secondary N) is 2. The first-order valence-electron chi connectivity index (χ1n) is 8.49. The van der Waals surface area contributed by atoms with Gasteiger partial charge in [0.25, 0.3) is 0 Å². The number of rotatable bonds is 6. The van der Waals surface area contributed by atoms with E-state index in [1.54, 1.807) is 7.11 Å². The van der Waals surface area contributed by atoms with Gasteiger partial charge in [0.05, 0.1) is 12.8 Å². The summed E-state index contributed by atoms with van der Waals surface area (Å²) in [7, 11) is 3.51. The van der Waals surface area contributed by atoms with Crippen molar-refractivity contribution in [1.82, 2.24) is 10.6 Å². The van der Waals surface area contributed by atoms with Gasteiger partial charge in [-0.25, -0.2) is 0 Å². The molecule has 2 rings (SSSR count). The third kappa shape index (κ3) is 5.61. The Morgan fingerprint density at radius 2 is 2.24 bits per heavy atom. The zero-order valence-corrected chi connectivity index (χ0v) is 17.3. The normalized spacial score (nSPS) is 18.4. The number of hydrogen-bond donors (Lipinski definition) is 2. The molecular weight excluding hydrogens is 356 g/mol. The lowest BCUT2D eigenvalue weighted by molar-refractivity contribution is 0.415. The predicted molar refractivity (Wildman–Crippen MR) is 111 cm³/mol. The van der Waals surface area contributed by atoms with E-state index in [-0.39, 0.29) is 4.75 Å². The van der Waals surface area contributed by atoms with E-state index in [1.807, 2.05) is 37.0 Å². The molecule has 0 aliphatic carbocycles. The van der Waals surface area contributed by atoms with Crippen molar-refractivity contribution in [1.29, 1.82) is 0 Å². The standard InChI is InChI=1S/C18H29ClN4OS/c1-18(2,25-5)12-21-17(20-3)22-14-8-9-23(11-14)15-10-13(19)6-7-16(15)24-4/h6-7,10,14H,8-9,11-12H2,1-5H3,(H2,20,21,22). The Morgan fingerprint density at radius 1 is 1.48 bits per heavy atom. The van der Waals surface area contributed by atoms with Crippen LogP contribution in [0, 0.1) is 0 Å². The number of nitrogens with zero attached hydrogens (tertiary/aromatic N) is 2. The van der Waals surface area contributed by atoms with E-state index in [9.17, 15) is 0 Å². The average Bonchev–Trinajstić information content (AvgIpc) is 3.07. The molecule has 1 atom stereocenters. The van der Waals surface area contributed by atoms with Crippen LogP contribution >= 0.6 is 23.4 Å². The van der Waals surface area contributed by atoms with Crippen molar-refractivity contribution in [2.45, 2.75) is 31.1 Å². The van der Waals surface area contributed by atoms with Crippen LogP contribution in [0.3, 0.4) is 0 Å². The minimum absolute atomic E-state index is 0.174. The van der Waals surface area contributed by atoms with Crippen LogP contribution in [0.2, 0.25) is 5.02 Å². The molecule has 0 radical (unpaired) electrons. The zero-order valence-electron chi connectivity index (χ0n) is 15.7. The van der Waals surface area contributed by atoms with Crippen molar-refractivity contribution >= 4 is 35.0 Å². The molecule has 5 nitrogen and oxygen atoms in total. The van der Waals surface area contributed by atoms with Crippen LogP contribution in [0.25, 0.3) is 0 Å². The molecule has 0 spiro atoms. The molecule has 25 heavy (non-hydrogen) atoms. The fourth-order valence-corrected chi connectivity index (χ4v) is 3.15. The third-order valence-electron chi connectivity index (χ3n) is 4.47. The zero-order chi connectivity index (χ0) is 18.4. The molecule has 0 aromatic heterocycles. The molecule has 0 amide bonds. The van der Waals surface area contributed by atoms with E-state index in [4.69, 9.17) is 16.3 Å². The maximum atomic E-state index is 6.16. The van der Waals surface area contributed by atoms with Crippen molar-refractivity contribution in [2.75, 3.05) is 44.9 Å². The minimum atomic E-state index is 0.174. The number of aliphatic imine (C=N–C) groups is 1. The highest BCUT2D eigenvalue weighted by molar-refractivity contribution is 7.99. The summed E-state index contributed by atoms with van der Waals surface area (Å²) in [5.41, 5.74) is 1.05. The first kappa shape index (κ1) is 20.0. The average molecular weight is 385 g/mol. The van der Waals surface area contributed by atoms with Gasteiger partial charge in [0, 0.05) is 42.5 Å². The molecule has 1 fully saturated rings. The van der Waals surface area contributed by atoms with E-state index in [0.29, 0.717) is 6.04 Å². The lowest BCUT2D eigenvalue weighted by Crippen LogP contribution is -2.47. The summed E-state index contributed by atoms with van der Waals surface area (Å²) in [6.07, 6.45) is 3.17. The van der Waals surface area contributed by atoms with Crippen molar-refractivity contribution < 1.29 is 4.74 Å². The van der Waals surface area contributed by atoms with E-state index in [1.165, 1.54) is 0 Å². The third-order valence-corrected chi connectivity index (χ3v) is 5.95. The fourth-order valence-electron chi connectivity index (χ4n) is 2.76. The minimum Gasteiger partial charge on any atom is -0.495 e. The van der Waals surface area contributed by atoms with Gasteiger partial charge < -0.3 is 20.3 Å². The van der Waals surface area contributed by atoms with Gasteiger partial charge >= 0.3 is 0 Å². The van der Waals surface area contributed by atoms with Gasteiger partial charge in [0.2, 0.25) is 0 Å². The van der Waals surface area contributed by atoms with Crippen LogP contribution in [0.4, 0.5) is 5.69 Å². The van der Waals surface area contributed by atoms with Crippen LogP contribution in [-0.4, -0.2) is 56.8 Å². The number of benzene rings is 1. The monoisotopic (exact) mass is 384 g/mol. The Labute approximate surface area is 160 Å². The number of guanidine groups is 1. The summed E-state index contributed by atoms with van der Waals surface area (Å²) in [6, 6.07) is 6.09. The number of hydrogen-bond acceptors (Lipinski definition) is 4. The second-order valence-corrected chi connectivity index (χ2v) is 8.73. The van der Waals surface area contributed by atoms with Crippen molar-refractivity contribution in [3.8, 4) is 5.75 Å². The van der Waals surface area contributed by atoms with Gasteiger partial charge in [-0.2, -0.15) is 11.8 Å². The Kier molecular flexibility index (Phi) is 7.14. The quantitative estimate of drug-likeness (QED) is 0.582. The van der Waals surface area contributed by atoms with Gasteiger partial charge in [-0.3, -0.25) is 4.99 Å². The molecule has 7 heteroatoms. The molecule has 1 saturated heterocycles. The topological polar surface area (TPSA) is 48.9 Å². The van der Waals surface area contributed by atoms with Gasteiger partial charge in [0.15, 0.2) is 5.96 Å². The smallest absolute Gasteiger partial charge is 0.191 e. The Balaban J connectivity index is 1.95. The number of methoxy groups -OCH3 is 1. The van der Waals surface area contributed by atoms with Gasteiger partial charge in [0.1, 0.15) is 5.75 Å². The van der Waals surface area contributed by atoms with E-state index >= 15 is 0 Å². The summed E-state index contributed by atoms with van der Waals surface area (Å²) in [4.78, 5) is 6.66. The van der Waals surface area contributed by atoms with Crippen LogP contribution in [-0.2, 0) is 0 Å². The van der Waals surface area contributed by atoms with E-state index in [2.05, 4.69) is 40.6 Å². The van der Waals surface area contributed by atoms with Crippen molar-refractivity contribution in [2.24, 2.45) is 4.99 Å². The summed E-state index contributed by atoms with van der Waals surface area (Å²) >= 11 is 8.01. The van der Waals surface area contributed by atoms with Crippen molar-refractivity contribution in [3.63, 3.8) is 0 Å². The maximum Gasteiger partial charge on any atom is 0.191 e. The Morgan fingerprint density at radius 3 is 2.88 bits per heavy atom. The first-order valence-corrected chi connectivity index (χ1v) is 10.1. The number of anilines is 1. The number of ether oxygens (including phenoxy) is 1. The van der Waals surface area contributed by atoms with E-state index < -0.39 is 0 Å². The van der Waals surface area contributed by atoms with Gasteiger partial charge in [-0.15, -0.1) is 0 Å². The molecule has 1 aliphatic heterocycles. The number of thioether (sulfide) groups is 1. The summed E-state index contributed by atoms with van der Waals surface area (Å²) in [5, 5.41) is 7.68. The molecule has 1 aromatic carbocycles. The van der Waals surface area contributed by atoms with Crippen LogP contribution in [0.1, 0.15) is 20.3 Å². The molecule has 0 saturated carbocycles. The SMILES string of the molecule is CN=C(NCC(C)(C)SC)NC1CCN(c2cc(Cl)ccc2OC)C1. The van der Waals surface area contributed by atoms with E-state index in [0.717, 1.165) is 48.5 Å². The van der Waals surface area contributed by atoms with Crippen LogP contribution in [0.5, 0.6) is 5.75 Å². The highest BCUT2D eigenvalue weighted by Gasteiger charge is 2.26. The number of halogens is 1. The fraction of sp³-hybridized carbons (Fsp3) is 0.611. The molecule has 1 aromatic rings. The maximum absolute atomic E-state index is 6.16. The molecule has 140 valence electrons. The Hall–Kier alpha value is -1.27.